The van der Waals surface area contributed by atoms with Gasteiger partial charge in [-0.1, -0.05) is 32.0 Å². The lowest BCUT2D eigenvalue weighted by atomic mass is 10.1. The zero-order valence-corrected chi connectivity index (χ0v) is 8.57. The predicted octanol–water partition coefficient (Wildman–Crippen LogP) is 4.27. The average Bonchev–Trinajstić information content (AvgIpc) is 2.13. The number of alkyl halides is 2. The topological polar surface area (TPSA) is 0 Å². The van der Waals surface area contributed by atoms with E-state index in [0.717, 1.165) is 11.1 Å². The van der Waals surface area contributed by atoms with Crippen molar-refractivity contribution in [3.63, 3.8) is 0 Å². The van der Waals surface area contributed by atoms with Crippen LogP contribution in [0.1, 0.15) is 37.0 Å². The van der Waals surface area contributed by atoms with Crippen molar-refractivity contribution in [3.05, 3.63) is 34.9 Å². The van der Waals surface area contributed by atoms with Crippen LogP contribution in [0.15, 0.2) is 18.2 Å². The molecule has 0 heterocycles. The van der Waals surface area contributed by atoms with Crippen molar-refractivity contribution < 1.29 is 8.78 Å². The lowest BCUT2D eigenvalue weighted by molar-refractivity contribution is 0.151. The maximum absolute atomic E-state index is 12.1. The van der Waals surface area contributed by atoms with Crippen LogP contribution in [-0.2, 0) is 0 Å². The predicted molar refractivity (Wildman–Crippen MR) is 52.2 cm³/mol. The van der Waals surface area contributed by atoms with Gasteiger partial charge in [0.15, 0.2) is 0 Å². The molecule has 1 rings (SSSR count). The molecule has 1 aromatic carbocycles. The van der Waals surface area contributed by atoms with Gasteiger partial charge in [-0.15, -0.1) is 0 Å². The highest BCUT2D eigenvalue weighted by molar-refractivity contribution is 5.30. The first kappa shape index (κ1) is 12.1. The summed E-state index contributed by atoms with van der Waals surface area (Å²) in [5.41, 5.74) is 2.07. The molecular formula is C11H16F2. The lowest BCUT2D eigenvalue weighted by Crippen LogP contribution is -1.87. The third kappa shape index (κ3) is 3.53. The molecule has 0 spiro atoms. The van der Waals surface area contributed by atoms with E-state index in [1.54, 1.807) is 6.07 Å². The number of halogens is 2. The highest BCUT2D eigenvalue weighted by Gasteiger charge is 2.06. The maximum atomic E-state index is 12.1. The van der Waals surface area contributed by atoms with Gasteiger partial charge in [-0.2, -0.15) is 0 Å². The van der Waals surface area contributed by atoms with Gasteiger partial charge < -0.3 is 0 Å². The fourth-order valence-corrected chi connectivity index (χ4v) is 0.900. The minimum absolute atomic E-state index is 0.105. The Balaban J connectivity index is 0.000000671. The highest BCUT2D eigenvalue weighted by atomic mass is 19.3. The molecule has 0 radical (unpaired) electrons. The van der Waals surface area contributed by atoms with Crippen LogP contribution in [0.2, 0.25) is 0 Å². The molecule has 0 nitrogen and oxygen atoms in total. The Hall–Kier alpha value is -0.920. The van der Waals surface area contributed by atoms with Gasteiger partial charge in [-0.05, 0) is 25.0 Å². The Morgan fingerprint density at radius 3 is 1.92 bits per heavy atom. The van der Waals surface area contributed by atoms with Gasteiger partial charge in [0.2, 0.25) is 0 Å². The standard InChI is InChI=1S/C9H10F2.C2H6/c1-6-3-4-8(9(10)11)5-7(6)2;1-2/h3-5,9H,1-2H3;1-2H3. The Bertz CT molecular complexity index is 254. The molecular weight excluding hydrogens is 170 g/mol. The molecule has 0 atom stereocenters. The summed E-state index contributed by atoms with van der Waals surface area (Å²) in [6, 6.07) is 4.71. The molecule has 0 bridgehead atoms. The summed E-state index contributed by atoms with van der Waals surface area (Å²) in [6.07, 6.45) is -2.35. The molecule has 13 heavy (non-hydrogen) atoms. The van der Waals surface area contributed by atoms with Crippen LogP contribution < -0.4 is 0 Å². The first-order chi connectivity index (χ1) is 6.11. The quantitative estimate of drug-likeness (QED) is 0.614. The van der Waals surface area contributed by atoms with Gasteiger partial charge in [-0.25, -0.2) is 8.78 Å². The monoisotopic (exact) mass is 186 g/mol. The van der Waals surface area contributed by atoms with E-state index < -0.39 is 6.43 Å². The second-order valence-electron chi connectivity index (χ2n) is 2.64. The van der Waals surface area contributed by atoms with Gasteiger partial charge in [0.05, 0.1) is 0 Å². The second-order valence-corrected chi connectivity index (χ2v) is 2.64. The summed E-state index contributed by atoms with van der Waals surface area (Å²) in [5.74, 6) is 0. The fourth-order valence-electron chi connectivity index (χ4n) is 0.900. The van der Waals surface area contributed by atoms with Gasteiger partial charge in [-0.3, -0.25) is 0 Å². The van der Waals surface area contributed by atoms with Crippen molar-refractivity contribution in [3.8, 4) is 0 Å². The molecule has 0 amide bonds. The van der Waals surface area contributed by atoms with E-state index in [9.17, 15) is 8.78 Å². The lowest BCUT2D eigenvalue weighted by Gasteiger charge is -2.02. The third-order valence-electron chi connectivity index (χ3n) is 1.78. The number of hydrogen-bond donors (Lipinski definition) is 0. The van der Waals surface area contributed by atoms with E-state index >= 15 is 0 Å². The molecule has 0 saturated carbocycles. The van der Waals surface area contributed by atoms with Crippen LogP contribution >= 0.6 is 0 Å². The minimum atomic E-state index is -2.35. The number of benzene rings is 1. The van der Waals surface area contributed by atoms with Crippen molar-refractivity contribution in [2.45, 2.75) is 34.1 Å². The highest BCUT2D eigenvalue weighted by Crippen LogP contribution is 2.20. The molecule has 0 fully saturated rings. The van der Waals surface area contributed by atoms with Crippen molar-refractivity contribution in [2.24, 2.45) is 0 Å². The first-order valence-electron chi connectivity index (χ1n) is 4.46. The SMILES string of the molecule is CC.Cc1ccc(C(F)F)cc1C. The Morgan fingerprint density at radius 2 is 1.54 bits per heavy atom. The molecule has 2 heteroatoms. The molecule has 0 saturated heterocycles. The molecule has 0 N–H and O–H groups in total. The molecule has 0 aliphatic carbocycles. The molecule has 0 aromatic heterocycles. The number of rotatable bonds is 1. The van der Waals surface area contributed by atoms with Crippen molar-refractivity contribution >= 4 is 0 Å². The molecule has 0 aliphatic rings. The van der Waals surface area contributed by atoms with Crippen LogP contribution in [0.4, 0.5) is 8.78 Å². The molecule has 1 aromatic rings. The Labute approximate surface area is 78.6 Å². The maximum Gasteiger partial charge on any atom is 0.263 e. The normalized spacial score (nSPS) is 9.46. The van der Waals surface area contributed by atoms with E-state index in [0.29, 0.717) is 0 Å². The largest absolute Gasteiger partial charge is 0.263 e. The minimum Gasteiger partial charge on any atom is -0.205 e. The molecule has 0 unspecified atom stereocenters. The smallest absolute Gasteiger partial charge is 0.205 e. The fraction of sp³-hybridized carbons (Fsp3) is 0.455. The van der Waals surface area contributed by atoms with Gasteiger partial charge >= 0.3 is 0 Å². The van der Waals surface area contributed by atoms with Crippen LogP contribution in [0.3, 0.4) is 0 Å². The van der Waals surface area contributed by atoms with Crippen molar-refractivity contribution in [1.29, 1.82) is 0 Å². The zero-order chi connectivity index (χ0) is 10.4. The van der Waals surface area contributed by atoms with E-state index in [4.69, 9.17) is 0 Å². The molecule has 74 valence electrons. The summed E-state index contributed by atoms with van der Waals surface area (Å²) in [4.78, 5) is 0. The Kier molecular flexibility index (Phi) is 5.28. The summed E-state index contributed by atoms with van der Waals surface area (Å²) in [6.45, 7) is 7.74. The van der Waals surface area contributed by atoms with E-state index in [1.165, 1.54) is 12.1 Å². The summed E-state index contributed by atoms with van der Waals surface area (Å²) < 4.78 is 24.2. The molecule has 0 aliphatic heterocycles. The number of hydrogen-bond acceptors (Lipinski definition) is 0. The summed E-state index contributed by atoms with van der Waals surface area (Å²) >= 11 is 0. The number of aryl methyl sites for hydroxylation is 2. The van der Waals surface area contributed by atoms with Gasteiger partial charge in [0.25, 0.3) is 6.43 Å². The Morgan fingerprint density at radius 1 is 1.00 bits per heavy atom. The zero-order valence-electron chi connectivity index (χ0n) is 8.57. The first-order valence-corrected chi connectivity index (χ1v) is 4.46. The van der Waals surface area contributed by atoms with Gasteiger partial charge in [0.1, 0.15) is 0 Å². The van der Waals surface area contributed by atoms with Crippen LogP contribution in [0.25, 0.3) is 0 Å². The van der Waals surface area contributed by atoms with Gasteiger partial charge in [0, 0.05) is 5.56 Å². The third-order valence-corrected chi connectivity index (χ3v) is 1.78. The van der Waals surface area contributed by atoms with E-state index in [1.807, 2.05) is 27.7 Å². The van der Waals surface area contributed by atoms with Crippen molar-refractivity contribution in [1.82, 2.24) is 0 Å². The summed E-state index contributed by atoms with van der Waals surface area (Å²) in [5, 5.41) is 0. The average molecular weight is 186 g/mol. The van der Waals surface area contributed by atoms with Crippen molar-refractivity contribution in [2.75, 3.05) is 0 Å². The van der Waals surface area contributed by atoms with Crippen LogP contribution in [0, 0.1) is 13.8 Å². The van der Waals surface area contributed by atoms with E-state index in [2.05, 4.69) is 0 Å². The second kappa shape index (κ2) is 5.68. The summed E-state index contributed by atoms with van der Waals surface area (Å²) in [7, 11) is 0. The van der Waals surface area contributed by atoms with Crippen LogP contribution in [-0.4, -0.2) is 0 Å². The van der Waals surface area contributed by atoms with Crippen LogP contribution in [0.5, 0.6) is 0 Å². The van der Waals surface area contributed by atoms with E-state index in [-0.39, 0.29) is 5.56 Å².